The highest BCUT2D eigenvalue weighted by atomic mass is 16.6. The van der Waals surface area contributed by atoms with Crippen LogP contribution in [0.1, 0.15) is 99.3 Å². The topological polar surface area (TPSA) is 300 Å². The normalized spacial score (nSPS) is 22.6. The molecule has 3 unspecified atom stereocenters. The molecule has 23 heteroatoms. The van der Waals surface area contributed by atoms with Gasteiger partial charge in [0.05, 0.1) is 6.42 Å². The van der Waals surface area contributed by atoms with Gasteiger partial charge in [-0.2, -0.15) is 0 Å². The molecule has 6 aliphatic heterocycles. The van der Waals surface area contributed by atoms with Crippen molar-refractivity contribution in [1.29, 1.82) is 0 Å². The highest BCUT2D eigenvalue weighted by molar-refractivity contribution is 6.01. The maximum absolute atomic E-state index is 12.3. The molecule has 0 aliphatic carbocycles. The Labute approximate surface area is 385 Å². The van der Waals surface area contributed by atoms with Crippen molar-refractivity contribution < 1.29 is 67.3 Å². The van der Waals surface area contributed by atoms with E-state index in [4.69, 9.17) is 14.6 Å². The van der Waals surface area contributed by atoms with Gasteiger partial charge in [0.1, 0.15) is 11.2 Å². The number of nitrogens with zero attached hydrogens (tertiary/aromatic N) is 4. The number of hydrogen-bond donors (Lipinski definition) is 6. The van der Waals surface area contributed by atoms with Crippen LogP contribution >= 0.6 is 0 Å². The standard InChI is InChI=1S/C16H25N3O5.C11H17N3O3.C9H18N2O2.C7H9NO4/c1-16(2,3)24-15(23)19-8-6-18(7-9-19)13(21)10-11-4-5-12(20)17-14(11)22;15-9-2-1-8(11(17)13-9)7-10(16)14-5-3-12-4-6-14;1-9(2,3)13-8(12)11-6-4-10-5-7-11;9-5-2-1-4(3-6(10)11)7(12)8-5/h11H,4-10H2,1-3H3,(H,17,20,22);8,12H,1-7H2,(H,13,15,17);10H,4-7H2,1-3H3;4H,1-3H2,(H,10,11)(H,8,9,12). The Kier molecular flexibility index (Phi) is 21.4. The van der Waals surface area contributed by atoms with Crippen molar-refractivity contribution in [3.8, 4) is 0 Å². The summed E-state index contributed by atoms with van der Waals surface area (Å²) in [5.74, 6) is -4.41. The quantitative estimate of drug-likeness (QED) is 0.187. The molecule has 6 N–H and O–H groups in total. The number of amides is 10. The number of piperazine rings is 3. The van der Waals surface area contributed by atoms with E-state index in [-0.39, 0.29) is 97.2 Å². The smallest absolute Gasteiger partial charge is 0.410 e. The van der Waals surface area contributed by atoms with Crippen molar-refractivity contribution in [2.24, 2.45) is 17.8 Å². The summed E-state index contributed by atoms with van der Waals surface area (Å²) in [5.41, 5.74) is -0.933. The van der Waals surface area contributed by atoms with Crippen molar-refractivity contribution in [2.75, 3.05) is 78.5 Å². The first kappa shape index (κ1) is 54.6. The minimum Gasteiger partial charge on any atom is -0.481 e. The van der Waals surface area contributed by atoms with Gasteiger partial charge in [-0.1, -0.05) is 0 Å². The van der Waals surface area contributed by atoms with Gasteiger partial charge in [0.25, 0.3) is 0 Å². The van der Waals surface area contributed by atoms with Crippen molar-refractivity contribution in [2.45, 2.75) is 111 Å². The van der Waals surface area contributed by atoms with Crippen molar-refractivity contribution >= 4 is 65.4 Å². The maximum atomic E-state index is 12.3. The second-order valence-electron chi connectivity index (χ2n) is 18.6. The number of imide groups is 3. The highest BCUT2D eigenvalue weighted by Crippen LogP contribution is 2.20. The van der Waals surface area contributed by atoms with E-state index in [0.717, 1.165) is 39.3 Å². The third kappa shape index (κ3) is 20.2. The average Bonchev–Trinajstić information content (AvgIpc) is 3.24. The van der Waals surface area contributed by atoms with Gasteiger partial charge in [-0.05, 0) is 60.8 Å². The molecule has 0 bridgehead atoms. The van der Waals surface area contributed by atoms with E-state index in [1.165, 1.54) is 0 Å². The molecule has 23 nitrogen and oxygen atoms in total. The minimum atomic E-state index is -1.01. The summed E-state index contributed by atoms with van der Waals surface area (Å²) < 4.78 is 10.6. The highest BCUT2D eigenvalue weighted by Gasteiger charge is 2.34. The fourth-order valence-electron chi connectivity index (χ4n) is 7.24. The Bertz CT molecular complexity index is 1780. The second kappa shape index (κ2) is 25.8. The summed E-state index contributed by atoms with van der Waals surface area (Å²) in [4.78, 5) is 132. The third-order valence-electron chi connectivity index (χ3n) is 10.8. The number of carboxylic acid groups (broad SMARTS) is 1. The van der Waals surface area contributed by atoms with Crippen LogP contribution in [-0.4, -0.2) is 180 Å². The lowest BCUT2D eigenvalue weighted by Gasteiger charge is -2.36. The number of ether oxygens (including phenoxy) is 2. The summed E-state index contributed by atoms with van der Waals surface area (Å²) >= 11 is 0. The van der Waals surface area contributed by atoms with Crippen LogP contribution in [0.25, 0.3) is 0 Å². The monoisotopic (exact) mass is 935 g/mol. The molecule has 6 heterocycles. The molecule has 0 aromatic rings. The van der Waals surface area contributed by atoms with E-state index in [2.05, 4.69) is 26.6 Å². The molecule has 6 fully saturated rings. The van der Waals surface area contributed by atoms with Crippen LogP contribution in [0.4, 0.5) is 9.59 Å². The Morgan fingerprint density at radius 3 is 1.09 bits per heavy atom. The lowest BCUT2D eigenvalue weighted by molar-refractivity contribution is -0.144. The van der Waals surface area contributed by atoms with Crippen molar-refractivity contribution in [3.63, 3.8) is 0 Å². The van der Waals surface area contributed by atoms with Gasteiger partial charge in [-0.25, -0.2) is 9.59 Å². The van der Waals surface area contributed by atoms with E-state index in [1.54, 1.807) is 19.6 Å². The average molecular weight is 936 g/mol. The number of nitrogens with one attached hydrogen (secondary N) is 5. The molecule has 6 rings (SSSR count). The lowest BCUT2D eigenvalue weighted by Crippen LogP contribution is -2.52. The Morgan fingerprint density at radius 2 is 0.773 bits per heavy atom. The SMILES string of the molecule is CC(C)(C)OC(=O)N1CCN(C(=O)CC2CCC(=O)NC2=O)CC1.CC(C)(C)OC(=O)N1CCNCC1.O=C(O)CC1CCC(=O)NC1=O.O=C1CCC(CC(=O)N2CCNCC2)C(=O)N1. The minimum absolute atomic E-state index is 0.0148. The van der Waals surface area contributed by atoms with Crippen molar-refractivity contribution in [1.82, 2.24) is 46.2 Å². The third-order valence-corrected chi connectivity index (χ3v) is 10.8. The lowest BCUT2D eigenvalue weighted by atomic mass is 9.94. The number of aliphatic carboxylic acids is 1. The largest absolute Gasteiger partial charge is 0.481 e. The number of hydrogen-bond acceptors (Lipinski definition) is 15. The predicted molar refractivity (Wildman–Crippen MR) is 234 cm³/mol. The molecular weight excluding hydrogens is 867 g/mol. The second-order valence-corrected chi connectivity index (χ2v) is 18.6. The van der Waals surface area contributed by atoms with Gasteiger partial charge in [0, 0.05) is 128 Å². The summed E-state index contributed by atoms with van der Waals surface area (Å²) in [6.45, 7) is 19.0. The van der Waals surface area contributed by atoms with Crippen LogP contribution in [0, 0.1) is 17.8 Å². The first-order valence-corrected chi connectivity index (χ1v) is 22.6. The number of carbonyl (C=O) groups is 11. The Balaban J connectivity index is 0.000000243. The molecule has 370 valence electrons. The molecule has 6 aliphatic rings. The summed E-state index contributed by atoms with van der Waals surface area (Å²) in [7, 11) is 0. The van der Waals surface area contributed by atoms with Crippen LogP contribution < -0.4 is 26.6 Å². The van der Waals surface area contributed by atoms with Crippen molar-refractivity contribution in [3.05, 3.63) is 0 Å². The summed E-state index contributed by atoms with van der Waals surface area (Å²) in [6, 6.07) is 0. The Morgan fingerprint density at radius 1 is 0.485 bits per heavy atom. The molecule has 10 amide bonds. The van der Waals surface area contributed by atoms with Gasteiger partial charge in [0.15, 0.2) is 0 Å². The van der Waals surface area contributed by atoms with E-state index in [1.807, 2.05) is 41.5 Å². The summed E-state index contributed by atoms with van der Waals surface area (Å²) in [6.07, 6.45) is 1.65. The first-order valence-electron chi connectivity index (χ1n) is 22.6. The Hall–Kier alpha value is -5.71. The van der Waals surface area contributed by atoms with Crippen LogP contribution in [-0.2, 0) is 52.6 Å². The van der Waals surface area contributed by atoms with Gasteiger partial charge in [0.2, 0.25) is 47.3 Å². The molecule has 3 atom stereocenters. The zero-order chi connectivity index (χ0) is 49.2. The molecule has 0 spiro atoms. The van der Waals surface area contributed by atoms with Gasteiger partial charge < -0.3 is 44.8 Å². The van der Waals surface area contributed by atoms with E-state index < -0.39 is 29.3 Å². The molecule has 0 saturated carbocycles. The van der Waals surface area contributed by atoms with Gasteiger partial charge in [-0.15, -0.1) is 0 Å². The number of carboxylic acids is 1. The van der Waals surface area contributed by atoms with Crippen LogP contribution in [0.2, 0.25) is 0 Å². The first-order chi connectivity index (χ1) is 30.9. The molecule has 0 aromatic heterocycles. The number of carbonyl (C=O) groups excluding carboxylic acids is 10. The fourth-order valence-corrected chi connectivity index (χ4v) is 7.24. The van der Waals surface area contributed by atoms with Gasteiger partial charge >= 0.3 is 18.2 Å². The molecule has 6 saturated heterocycles. The predicted octanol–water partition coefficient (Wildman–Crippen LogP) is -0.290. The van der Waals surface area contributed by atoms with E-state index >= 15 is 0 Å². The molecule has 0 aromatic carbocycles. The van der Waals surface area contributed by atoms with Crippen LogP contribution in [0.5, 0.6) is 0 Å². The van der Waals surface area contributed by atoms with Gasteiger partial charge in [-0.3, -0.25) is 59.1 Å². The molecule has 66 heavy (non-hydrogen) atoms. The van der Waals surface area contributed by atoms with Crippen LogP contribution in [0.3, 0.4) is 0 Å². The zero-order valence-electron chi connectivity index (χ0n) is 39.1. The van der Waals surface area contributed by atoms with E-state index in [9.17, 15) is 52.7 Å². The zero-order valence-corrected chi connectivity index (χ0v) is 39.1. The molecule has 0 radical (unpaired) electrons. The number of rotatable bonds is 6. The fraction of sp³-hybridized carbons (Fsp3) is 0.744. The van der Waals surface area contributed by atoms with E-state index in [0.29, 0.717) is 65.0 Å². The molecular formula is C43H69N9O14. The number of piperidine rings is 3. The van der Waals surface area contributed by atoms with Crippen LogP contribution in [0.15, 0.2) is 0 Å². The summed E-state index contributed by atoms with van der Waals surface area (Å²) in [5, 5.41) is 21.4. The maximum Gasteiger partial charge on any atom is 0.410 e.